The lowest BCUT2D eigenvalue weighted by atomic mass is 10.4. The van der Waals surface area contributed by atoms with Gasteiger partial charge >= 0.3 is 5.97 Å². The molecule has 0 aromatic carbocycles. The van der Waals surface area contributed by atoms with Crippen molar-refractivity contribution in [1.29, 1.82) is 0 Å². The summed E-state index contributed by atoms with van der Waals surface area (Å²) < 4.78 is 5.06. The SMILES string of the molecule is O=C(O)CCn1nnc(-c2ccco2)n1. The lowest BCUT2D eigenvalue weighted by molar-refractivity contribution is -0.137. The van der Waals surface area contributed by atoms with E-state index in [2.05, 4.69) is 15.4 Å². The molecule has 0 saturated heterocycles. The number of carboxylic acids is 1. The highest BCUT2D eigenvalue weighted by atomic mass is 16.4. The molecule has 2 rings (SSSR count). The summed E-state index contributed by atoms with van der Waals surface area (Å²) in [6, 6.07) is 3.42. The van der Waals surface area contributed by atoms with E-state index in [1.54, 1.807) is 12.1 Å². The largest absolute Gasteiger partial charge is 0.481 e. The Bertz CT molecular complexity index is 448. The van der Waals surface area contributed by atoms with Crippen LogP contribution in [0.5, 0.6) is 0 Å². The normalized spacial score (nSPS) is 10.4. The molecule has 7 heteroatoms. The molecule has 0 aliphatic heterocycles. The molecule has 0 aliphatic rings. The molecule has 78 valence electrons. The molecule has 0 amide bonds. The second-order valence-electron chi connectivity index (χ2n) is 2.83. The molecule has 0 bridgehead atoms. The van der Waals surface area contributed by atoms with E-state index in [1.807, 2.05) is 0 Å². The average molecular weight is 208 g/mol. The topological polar surface area (TPSA) is 94.0 Å². The summed E-state index contributed by atoms with van der Waals surface area (Å²) >= 11 is 0. The van der Waals surface area contributed by atoms with Crippen molar-refractivity contribution in [2.24, 2.45) is 0 Å². The third-order valence-corrected chi connectivity index (χ3v) is 1.72. The highest BCUT2D eigenvalue weighted by Gasteiger charge is 2.08. The monoisotopic (exact) mass is 208 g/mol. The summed E-state index contributed by atoms with van der Waals surface area (Å²) in [5.74, 6) is -0.0335. The van der Waals surface area contributed by atoms with Gasteiger partial charge in [-0.2, -0.15) is 4.80 Å². The summed E-state index contributed by atoms with van der Waals surface area (Å²) in [6.07, 6.45) is 1.47. The fraction of sp³-hybridized carbons (Fsp3) is 0.250. The summed E-state index contributed by atoms with van der Waals surface area (Å²) in [7, 11) is 0. The van der Waals surface area contributed by atoms with Crippen molar-refractivity contribution >= 4 is 5.97 Å². The first kappa shape index (κ1) is 9.38. The number of aliphatic carboxylic acids is 1. The molecule has 1 N–H and O–H groups in total. The van der Waals surface area contributed by atoms with Crippen molar-refractivity contribution in [2.45, 2.75) is 13.0 Å². The van der Waals surface area contributed by atoms with Crippen LogP contribution in [0.2, 0.25) is 0 Å². The smallest absolute Gasteiger partial charge is 0.305 e. The number of hydrogen-bond acceptors (Lipinski definition) is 5. The molecule has 0 spiro atoms. The van der Waals surface area contributed by atoms with Crippen LogP contribution in [0.15, 0.2) is 22.8 Å². The zero-order chi connectivity index (χ0) is 10.7. The number of carbonyl (C=O) groups is 1. The number of aromatic nitrogens is 4. The maximum absolute atomic E-state index is 10.3. The van der Waals surface area contributed by atoms with Gasteiger partial charge < -0.3 is 9.52 Å². The first-order chi connectivity index (χ1) is 7.25. The summed E-state index contributed by atoms with van der Waals surface area (Å²) in [5.41, 5.74) is 0. The Morgan fingerprint density at radius 2 is 2.47 bits per heavy atom. The van der Waals surface area contributed by atoms with Crippen LogP contribution < -0.4 is 0 Å². The zero-order valence-corrected chi connectivity index (χ0v) is 7.70. The highest BCUT2D eigenvalue weighted by Crippen LogP contribution is 2.12. The van der Waals surface area contributed by atoms with Gasteiger partial charge in [-0.25, -0.2) is 0 Å². The van der Waals surface area contributed by atoms with Gasteiger partial charge in [-0.1, -0.05) is 0 Å². The Kier molecular flexibility index (Phi) is 2.44. The quantitative estimate of drug-likeness (QED) is 0.781. The molecule has 2 aromatic heterocycles. The number of tetrazole rings is 1. The van der Waals surface area contributed by atoms with E-state index in [4.69, 9.17) is 9.52 Å². The van der Waals surface area contributed by atoms with Crippen molar-refractivity contribution in [1.82, 2.24) is 20.2 Å². The van der Waals surface area contributed by atoms with E-state index in [9.17, 15) is 4.79 Å². The van der Waals surface area contributed by atoms with Crippen LogP contribution in [-0.2, 0) is 11.3 Å². The van der Waals surface area contributed by atoms with E-state index in [0.717, 1.165) is 0 Å². The van der Waals surface area contributed by atoms with Crippen LogP contribution >= 0.6 is 0 Å². The van der Waals surface area contributed by atoms with E-state index in [0.29, 0.717) is 11.6 Å². The Hall–Kier alpha value is -2.18. The van der Waals surface area contributed by atoms with E-state index in [-0.39, 0.29) is 13.0 Å². The second-order valence-corrected chi connectivity index (χ2v) is 2.83. The number of aryl methyl sites for hydroxylation is 1. The molecule has 7 nitrogen and oxygen atoms in total. The Balaban J connectivity index is 2.08. The molecular weight excluding hydrogens is 200 g/mol. The minimum atomic E-state index is -0.896. The number of hydrogen-bond donors (Lipinski definition) is 1. The van der Waals surface area contributed by atoms with Gasteiger partial charge in [0, 0.05) is 0 Å². The molecule has 0 aliphatic carbocycles. The maximum Gasteiger partial charge on any atom is 0.305 e. The van der Waals surface area contributed by atoms with Crippen molar-refractivity contribution in [3.63, 3.8) is 0 Å². The summed E-state index contributed by atoms with van der Waals surface area (Å²) in [5, 5.41) is 19.8. The van der Waals surface area contributed by atoms with Crippen molar-refractivity contribution < 1.29 is 14.3 Å². The van der Waals surface area contributed by atoms with E-state index >= 15 is 0 Å². The fourth-order valence-electron chi connectivity index (χ4n) is 1.04. The number of carboxylic acid groups (broad SMARTS) is 1. The fourth-order valence-corrected chi connectivity index (χ4v) is 1.04. The lowest BCUT2D eigenvalue weighted by Gasteiger charge is -1.92. The first-order valence-corrected chi connectivity index (χ1v) is 4.29. The van der Waals surface area contributed by atoms with Gasteiger partial charge in [0.25, 0.3) is 0 Å². The van der Waals surface area contributed by atoms with Gasteiger partial charge in [0.05, 0.1) is 19.2 Å². The third-order valence-electron chi connectivity index (χ3n) is 1.72. The van der Waals surface area contributed by atoms with Crippen LogP contribution in [0.1, 0.15) is 6.42 Å². The molecule has 0 saturated carbocycles. The third kappa shape index (κ3) is 2.19. The van der Waals surface area contributed by atoms with Crippen molar-refractivity contribution in [2.75, 3.05) is 0 Å². The number of rotatable bonds is 4. The van der Waals surface area contributed by atoms with E-state index < -0.39 is 5.97 Å². The zero-order valence-electron chi connectivity index (χ0n) is 7.70. The Labute approximate surface area is 84.3 Å². The van der Waals surface area contributed by atoms with Gasteiger partial charge in [-0.15, -0.1) is 10.2 Å². The summed E-state index contributed by atoms with van der Waals surface area (Å²) in [4.78, 5) is 11.5. The Morgan fingerprint density at radius 3 is 3.13 bits per heavy atom. The van der Waals surface area contributed by atoms with Crippen molar-refractivity contribution in [3.8, 4) is 11.6 Å². The van der Waals surface area contributed by atoms with Gasteiger partial charge in [-0.05, 0) is 17.3 Å². The predicted molar refractivity (Wildman–Crippen MR) is 47.8 cm³/mol. The van der Waals surface area contributed by atoms with Crippen LogP contribution in [0.25, 0.3) is 11.6 Å². The molecular formula is C8H8N4O3. The predicted octanol–water partition coefficient (Wildman–Crippen LogP) is 0.408. The minimum absolute atomic E-state index is 0.0338. The van der Waals surface area contributed by atoms with Crippen molar-refractivity contribution in [3.05, 3.63) is 18.4 Å². The average Bonchev–Trinajstić information content (AvgIpc) is 2.85. The molecule has 0 unspecified atom stereocenters. The molecule has 0 fully saturated rings. The van der Waals surface area contributed by atoms with Gasteiger partial charge in [-0.3, -0.25) is 4.79 Å². The van der Waals surface area contributed by atoms with E-state index in [1.165, 1.54) is 11.1 Å². The van der Waals surface area contributed by atoms with Crippen LogP contribution in [0, 0.1) is 0 Å². The Morgan fingerprint density at radius 1 is 1.60 bits per heavy atom. The van der Waals surface area contributed by atoms with Gasteiger partial charge in [0.15, 0.2) is 5.76 Å². The standard InChI is InChI=1S/C8H8N4O3/c13-7(14)3-4-12-10-8(9-11-12)6-2-1-5-15-6/h1-2,5H,3-4H2,(H,13,14). The molecule has 2 aromatic rings. The van der Waals surface area contributed by atoms with Gasteiger partial charge in [0.2, 0.25) is 5.82 Å². The van der Waals surface area contributed by atoms with Crippen LogP contribution in [0.3, 0.4) is 0 Å². The minimum Gasteiger partial charge on any atom is -0.481 e. The molecule has 0 radical (unpaired) electrons. The van der Waals surface area contributed by atoms with Gasteiger partial charge in [0.1, 0.15) is 0 Å². The molecule has 2 heterocycles. The lowest BCUT2D eigenvalue weighted by Crippen LogP contribution is -2.07. The molecule has 0 atom stereocenters. The van der Waals surface area contributed by atoms with Crippen LogP contribution in [0.4, 0.5) is 0 Å². The number of furan rings is 1. The first-order valence-electron chi connectivity index (χ1n) is 4.29. The van der Waals surface area contributed by atoms with Crippen LogP contribution in [-0.4, -0.2) is 31.3 Å². The second kappa shape index (κ2) is 3.91. The summed E-state index contributed by atoms with van der Waals surface area (Å²) in [6.45, 7) is 0.197. The highest BCUT2D eigenvalue weighted by molar-refractivity contribution is 5.66. The number of nitrogens with zero attached hydrogens (tertiary/aromatic N) is 4. The molecule has 15 heavy (non-hydrogen) atoms. The maximum atomic E-state index is 10.3.